The molecule has 0 unspecified atom stereocenters. The summed E-state index contributed by atoms with van der Waals surface area (Å²) in [4.78, 5) is 36.9. The molecule has 0 bridgehead atoms. The minimum atomic E-state index is -0.156. The molecule has 0 saturated carbocycles. The van der Waals surface area contributed by atoms with Gasteiger partial charge < -0.3 is 25.4 Å². The fraction of sp³-hybridized carbons (Fsp3) is 0.312. The lowest BCUT2D eigenvalue weighted by atomic mass is 10.0. The van der Waals surface area contributed by atoms with Crippen molar-refractivity contribution in [2.75, 3.05) is 37.8 Å². The van der Waals surface area contributed by atoms with Gasteiger partial charge in [-0.2, -0.15) is 0 Å². The van der Waals surface area contributed by atoms with Crippen LogP contribution in [0.5, 0.6) is 0 Å². The number of amides is 2. The first-order chi connectivity index (χ1) is 19.7. The maximum Gasteiger partial charge on any atom is 0.257 e. The maximum atomic E-state index is 13.3. The third-order valence-corrected chi connectivity index (χ3v) is 7.00. The summed E-state index contributed by atoms with van der Waals surface area (Å²) in [6.45, 7) is 7.47. The van der Waals surface area contributed by atoms with Crippen LogP contribution in [0.25, 0.3) is 11.4 Å². The Kier molecular flexibility index (Phi) is 9.52. The molecular formula is C32H39N7O2. The molecule has 9 heteroatoms. The van der Waals surface area contributed by atoms with E-state index < -0.39 is 0 Å². The molecule has 9 nitrogen and oxygen atoms in total. The van der Waals surface area contributed by atoms with Crippen molar-refractivity contribution in [2.24, 2.45) is 7.05 Å². The number of aromatic nitrogens is 3. The van der Waals surface area contributed by atoms with E-state index in [0.29, 0.717) is 29.3 Å². The second-order valence-electron chi connectivity index (χ2n) is 10.3. The van der Waals surface area contributed by atoms with Crippen molar-refractivity contribution in [3.05, 3.63) is 88.7 Å². The van der Waals surface area contributed by atoms with Gasteiger partial charge in [-0.1, -0.05) is 32.0 Å². The minimum Gasteiger partial charge on any atom is -0.351 e. The predicted octanol–water partition coefficient (Wildman–Crippen LogP) is 5.20. The number of para-hydroxylation sites is 1. The molecule has 0 aliphatic rings. The lowest BCUT2D eigenvalue weighted by Crippen LogP contribution is -2.31. The van der Waals surface area contributed by atoms with Gasteiger partial charge in [-0.25, -0.2) is 9.97 Å². The van der Waals surface area contributed by atoms with E-state index in [1.165, 1.54) is 0 Å². The molecule has 0 radical (unpaired) electrons. The largest absolute Gasteiger partial charge is 0.351 e. The molecule has 0 fully saturated rings. The number of aryl methyl sites for hydroxylation is 4. The van der Waals surface area contributed by atoms with Gasteiger partial charge in [-0.3, -0.25) is 9.59 Å². The molecular weight excluding hydrogens is 514 g/mol. The van der Waals surface area contributed by atoms with E-state index in [4.69, 9.17) is 4.98 Å². The third-order valence-electron chi connectivity index (χ3n) is 7.00. The number of nitrogens with zero attached hydrogens (tertiary/aromatic N) is 4. The number of anilines is 3. The van der Waals surface area contributed by atoms with Gasteiger partial charge in [0.15, 0.2) is 0 Å². The first-order valence-corrected chi connectivity index (χ1v) is 13.9. The number of hydrogen-bond donors (Lipinski definition) is 3. The molecule has 0 saturated heterocycles. The Labute approximate surface area is 242 Å². The number of benzene rings is 2. The van der Waals surface area contributed by atoms with Crippen molar-refractivity contribution in [3.63, 3.8) is 0 Å². The number of carbonyl (C=O) groups excluding carboxylic acids is 2. The van der Waals surface area contributed by atoms with Crippen LogP contribution in [0.2, 0.25) is 0 Å². The number of nitrogens with one attached hydrogen (secondary N) is 3. The number of likely N-dealkylation sites (N-methyl/N-ethyl adjacent to an activating group) is 1. The highest BCUT2D eigenvalue weighted by Gasteiger charge is 2.17. The molecule has 4 rings (SSSR count). The molecule has 2 aromatic heterocycles. The normalized spacial score (nSPS) is 11.0. The molecule has 2 aromatic carbocycles. The molecule has 0 atom stereocenters. The summed E-state index contributed by atoms with van der Waals surface area (Å²) in [5.74, 6) is 0.161. The van der Waals surface area contributed by atoms with E-state index in [1.807, 2.05) is 74.1 Å². The molecule has 0 spiro atoms. The Morgan fingerprint density at radius 1 is 0.951 bits per heavy atom. The van der Waals surface area contributed by atoms with E-state index >= 15 is 0 Å². The zero-order chi connectivity index (χ0) is 29.5. The Morgan fingerprint density at radius 2 is 1.68 bits per heavy atom. The van der Waals surface area contributed by atoms with E-state index in [2.05, 4.69) is 46.9 Å². The topological polar surface area (TPSA) is 104 Å². The number of rotatable bonds is 11. The number of carbonyl (C=O) groups is 2. The Hall–Kier alpha value is -4.50. The minimum absolute atomic E-state index is 0.104. The molecule has 0 aliphatic carbocycles. The third kappa shape index (κ3) is 7.18. The average molecular weight is 554 g/mol. The van der Waals surface area contributed by atoms with Gasteiger partial charge in [0, 0.05) is 49.5 Å². The Bertz CT molecular complexity index is 1520. The summed E-state index contributed by atoms with van der Waals surface area (Å²) in [5, 5.41) is 9.34. The molecule has 2 heterocycles. The van der Waals surface area contributed by atoms with Crippen molar-refractivity contribution in [2.45, 2.75) is 33.6 Å². The second kappa shape index (κ2) is 13.2. The van der Waals surface area contributed by atoms with Gasteiger partial charge in [0.05, 0.1) is 17.0 Å². The Morgan fingerprint density at radius 3 is 2.34 bits per heavy atom. The van der Waals surface area contributed by atoms with Crippen molar-refractivity contribution >= 4 is 29.1 Å². The monoisotopic (exact) mass is 553 g/mol. The molecule has 214 valence electrons. The summed E-state index contributed by atoms with van der Waals surface area (Å²) < 4.78 is 1.89. The summed E-state index contributed by atoms with van der Waals surface area (Å²) in [6, 6.07) is 15.3. The quantitative estimate of drug-likeness (QED) is 0.236. The highest BCUT2D eigenvalue weighted by Crippen LogP contribution is 2.26. The van der Waals surface area contributed by atoms with Crippen molar-refractivity contribution in [1.82, 2.24) is 24.8 Å². The van der Waals surface area contributed by atoms with E-state index in [9.17, 15) is 9.59 Å². The fourth-order valence-corrected chi connectivity index (χ4v) is 4.65. The van der Waals surface area contributed by atoms with Crippen LogP contribution in [0.1, 0.15) is 51.3 Å². The van der Waals surface area contributed by atoms with Crippen LogP contribution in [0, 0.1) is 6.92 Å². The van der Waals surface area contributed by atoms with Gasteiger partial charge in [0.2, 0.25) is 5.95 Å². The van der Waals surface area contributed by atoms with Crippen LogP contribution in [-0.2, 0) is 19.9 Å². The van der Waals surface area contributed by atoms with Gasteiger partial charge in [0.25, 0.3) is 11.8 Å². The maximum absolute atomic E-state index is 13.3. The summed E-state index contributed by atoms with van der Waals surface area (Å²) in [7, 11) is 5.83. The van der Waals surface area contributed by atoms with E-state index in [1.54, 1.807) is 12.3 Å². The standard InChI is InChI=1S/C32H39N7O2/c1-7-22-10-9-11-23(8-2)29(22)37-31(41)25-19-28(39(6)20-25)27-14-15-34-32(36-27)35-26-13-12-24(18-21(26)3)30(40)33-16-17-38(4)5/h9-15,18-20H,7-8,16-17H2,1-6H3,(H,33,40)(H,37,41)(H,34,35,36). The molecule has 4 aromatic rings. The fourth-order valence-electron chi connectivity index (χ4n) is 4.65. The van der Waals surface area contributed by atoms with Crippen LogP contribution in [0.4, 0.5) is 17.3 Å². The van der Waals surface area contributed by atoms with Crippen molar-refractivity contribution < 1.29 is 9.59 Å². The first kappa shape index (κ1) is 29.5. The van der Waals surface area contributed by atoms with Crippen LogP contribution >= 0.6 is 0 Å². The van der Waals surface area contributed by atoms with Crippen LogP contribution < -0.4 is 16.0 Å². The molecule has 41 heavy (non-hydrogen) atoms. The van der Waals surface area contributed by atoms with Crippen LogP contribution in [0.3, 0.4) is 0 Å². The summed E-state index contributed by atoms with van der Waals surface area (Å²) in [6.07, 6.45) is 5.18. The highest BCUT2D eigenvalue weighted by molar-refractivity contribution is 6.05. The zero-order valence-electron chi connectivity index (χ0n) is 24.7. The Balaban J connectivity index is 1.49. The SMILES string of the molecule is CCc1cccc(CC)c1NC(=O)c1cc(-c2ccnc(Nc3ccc(C(=O)NCCN(C)C)cc3C)n2)n(C)c1. The van der Waals surface area contributed by atoms with Gasteiger partial charge in [-0.15, -0.1) is 0 Å². The van der Waals surface area contributed by atoms with E-state index in [0.717, 1.165) is 53.1 Å². The molecule has 3 N–H and O–H groups in total. The summed E-state index contributed by atoms with van der Waals surface area (Å²) >= 11 is 0. The lowest BCUT2D eigenvalue weighted by molar-refractivity contribution is 0.0950. The van der Waals surface area contributed by atoms with Crippen LogP contribution in [-0.4, -0.2) is 58.4 Å². The second-order valence-corrected chi connectivity index (χ2v) is 10.3. The van der Waals surface area contributed by atoms with Gasteiger partial charge in [-0.05, 0) is 80.9 Å². The van der Waals surface area contributed by atoms with Gasteiger partial charge in [0.1, 0.15) is 0 Å². The smallest absolute Gasteiger partial charge is 0.257 e. The molecule has 2 amide bonds. The van der Waals surface area contributed by atoms with Crippen LogP contribution in [0.15, 0.2) is 60.9 Å². The highest BCUT2D eigenvalue weighted by atomic mass is 16.2. The summed E-state index contributed by atoms with van der Waals surface area (Å²) in [5.41, 5.74) is 7.47. The van der Waals surface area contributed by atoms with Crippen molar-refractivity contribution in [3.8, 4) is 11.4 Å². The number of hydrogen-bond acceptors (Lipinski definition) is 6. The first-order valence-electron chi connectivity index (χ1n) is 13.9. The van der Waals surface area contributed by atoms with E-state index in [-0.39, 0.29) is 11.8 Å². The van der Waals surface area contributed by atoms with Gasteiger partial charge >= 0.3 is 0 Å². The zero-order valence-corrected chi connectivity index (χ0v) is 24.7. The predicted molar refractivity (Wildman–Crippen MR) is 165 cm³/mol. The average Bonchev–Trinajstić information content (AvgIpc) is 3.35. The molecule has 0 aliphatic heterocycles. The lowest BCUT2D eigenvalue weighted by Gasteiger charge is -2.13. The van der Waals surface area contributed by atoms with Crippen molar-refractivity contribution in [1.29, 1.82) is 0 Å².